The fraction of sp³-hybridized carbons (Fsp3) is 0.211. The number of halogens is 3. The van der Waals surface area contributed by atoms with Gasteiger partial charge in [0, 0.05) is 23.5 Å². The number of alkyl halides is 3. The van der Waals surface area contributed by atoms with Gasteiger partial charge in [-0.15, -0.1) is 11.8 Å². The average Bonchev–Trinajstić information content (AvgIpc) is 3.04. The number of nitrogens with one attached hydrogen (secondary N) is 1. The van der Waals surface area contributed by atoms with Crippen LogP contribution in [-0.2, 0) is 6.42 Å². The first-order chi connectivity index (χ1) is 13.9. The van der Waals surface area contributed by atoms with Gasteiger partial charge in [0.25, 0.3) is 0 Å². The summed E-state index contributed by atoms with van der Waals surface area (Å²) in [5.41, 5.74) is 1.28. The number of aliphatic imine (C=N–C) groups is 1. The Morgan fingerprint density at radius 1 is 1.34 bits per heavy atom. The third kappa shape index (κ3) is 5.29. The number of benzene rings is 1. The first-order valence-corrected chi connectivity index (χ1v) is 9.51. The normalized spacial score (nSPS) is 12.2. The van der Waals surface area contributed by atoms with E-state index in [0.717, 1.165) is 11.4 Å². The molecule has 0 bridgehead atoms. The van der Waals surface area contributed by atoms with E-state index in [2.05, 4.69) is 27.0 Å². The predicted molar refractivity (Wildman–Crippen MR) is 109 cm³/mol. The summed E-state index contributed by atoms with van der Waals surface area (Å²) in [7, 11) is 1.59. The van der Waals surface area contributed by atoms with Crippen LogP contribution in [0.4, 0.5) is 18.9 Å². The Hall–Kier alpha value is -3.01. The first-order valence-electron chi connectivity index (χ1n) is 8.47. The van der Waals surface area contributed by atoms with Gasteiger partial charge in [-0.3, -0.25) is 9.39 Å². The molecule has 10 heteroatoms. The Balaban J connectivity index is 1.80. The molecular weight excluding hydrogens is 403 g/mol. The number of anilines is 1. The van der Waals surface area contributed by atoms with Crippen LogP contribution in [0.25, 0.3) is 11.5 Å². The minimum atomic E-state index is -4.40. The SMILES string of the molecule is C=N/C(=C\SCNc1ccc(OC)cc1)c1c(CC(F)(F)F)nc2ncccn12. The molecule has 3 aromatic rings. The maximum absolute atomic E-state index is 13.0. The van der Waals surface area contributed by atoms with Crippen molar-refractivity contribution in [2.24, 2.45) is 4.99 Å². The molecule has 1 N–H and O–H groups in total. The molecule has 0 spiro atoms. The van der Waals surface area contributed by atoms with Crippen LogP contribution < -0.4 is 10.1 Å². The molecule has 3 rings (SSSR count). The van der Waals surface area contributed by atoms with Gasteiger partial charge in [-0.1, -0.05) is 0 Å². The highest BCUT2D eigenvalue weighted by Gasteiger charge is 2.32. The van der Waals surface area contributed by atoms with Crippen LogP contribution in [0.2, 0.25) is 0 Å². The van der Waals surface area contributed by atoms with Crippen LogP contribution in [0.3, 0.4) is 0 Å². The molecule has 29 heavy (non-hydrogen) atoms. The summed E-state index contributed by atoms with van der Waals surface area (Å²) in [6.07, 6.45) is -2.50. The molecule has 0 aliphatic heterocycles. The molecule has 1 aromatic carbocycles. The monoisotopic (exact) mass is 421 g/mol. The summed E-state index contributed by atoms with van der Waals surface area (Å²) in [6, 6.07) is 9.01. The van der Waals surface area contributed by atoms with Crippen molar-refractivity contribution in [1.82, 2.24) is 14.4 Å². The van der Waals surface area contributed by atoms with Gasteiger partial charge in [-0.25, -0.2) is 9.97 Å². The smallest absolute Gasteiger partial charge is 0.394 e. The minimum Gasteiger partial charge on any atom is -0.497 e. The van der Waals surface area contributed by atoms with Crippen molar-refractivity contribution in [3.63, 3.8) is 0 Å². The molecule has 0 aliphatic rings. The zero-order chi connectivity index (χ0) is 20.9. The predicted octanol–water partition coefficient (Wildman–Crippen LogP) is 4.64. The summed E-state index contributed by atoms with van der Waals surface area (Å²) in [5, 5.41) is 4.85. The lowest BCUT2D eigenvalue weighted by molar-refractivity contribution is -0.127. The third-order valence-electron chi connectivity index (χ3n) is 3.90. The average molecular weight is 421 g/mol. The van der Waals surface area contributed by atoms with E-state index in [1.165, 1.54) is 22.4 Å². The molecule has 152 valence electrons. The second-order valence-electron chi connectivity index (χ2n) is 5.87. The van der Waals surface area contributed by atoms with E-state index in [4.69, 9.17) is 4.74 Å². The molecule has 0 aliphatic carbocycles. The zero-order valence-electron chi connectivity index (χ0n) is 15.5. The Morgan fingerprint density at radius 3 is 2.76 bits per heavy atom. The highest BCUT2D eigenvalue weighted by Crippen LogP contribution is 2.29. The fourth-order valence-electron chi connectivity index (χ4n) is 2.64. The summed E-state index contributed by atoms with van der Waals surface area (Å²) in [6.45, 7) is 3.51. The maximum Gasteiger partial charge on any atom is 0.394 e. The van der Waals surface area contributed by atoms with Crippen LogP contribution in [0.1, 0.15) is 11.4 Å². The van der Waals surface area contributed by atoms with Crippen molar-refractivity contribution in [2.75, 3.05) is 18.3 Å². The number of thioether (sulfide) groups is 1. The Bertz CT molecular complexity index is 1010. The lowest BCUT2D eigenvalue weighted by atomic mass is 10.2. The Labute approximate surface area is 169 Å². The molecule has 0 saturated heterocycles. The molecule has 6 nitrogen and oxygen atoms in total. The third-order valence-corrected chi connectivity index (χ3v) is 4.60. The molecular formula is C19H18F3N5OS. The molecule has 0 unspecified atom stereocenters. The number of rotatable bonds is 8. The summed E-state index contributed by atoms with van der Waals surface area (Å²) < 4.78 is 45.6. The number of methoxy groups -OCH3 is 1. The van der Waals surface area contributed by atoms with E-state index in [-0.39, 0.29) is 17.2 Å². The van der Waals surface area contributed by atoms with E-state index in [1.807, 2.05) is 24.3 Å². The van der Waals surface area contributed by atoms with Crippen LogP contribution in [-0.4, -0.2) is 40.2 Å². The van der Waals surface area contributed by atoms with Crippen LogP contribution >= 0.6 is 11.8 Å². The van der Waals surface area contributed by atoms with Gasteiger partial charge in [-0.05, 0) is 37.0 Å². The van der Waals surface area contributed by atoms with E-state index >= 15 is 0 Å². The van der Waals surface area contributed by atoms with Crippen LogP contribution in [0.15, 0.2) is 53.1 Å². The van der Waals surface area contributed by atoms with Crippen molar-refractivity contribution < 1.29 is 17.9 Å². The molecule has 0 atom stereocenters. The van der Waals surface area contributed by atoms with Crippen LogP contribution in [0, 0.1) is 0 Å². The second kappa shape index (κ2) is 8.99. The summed E-state index contributed by atoms with van der Waals surface area (Å²) in [4.78, 5) is 12.0. The lowest BCUT2D eigenvalue weighted by Gasteiger charge is -2.09. The number of ether oxygens (including phenoxy) is 1. The molecule has 2 aromatic heterocycles. The molecule has 0 fully saturated rings. The van der Waals surface area contributed by atoms with Gasteiger partial charge in [0.1, 0.15) is 5.75 Å². The molecule has 0 radical (unpaired) electrons. The zero-order valence-corrected chi connectivity index (χ0v) is 16.3. The van der Waals surface area contributed by atoms with Crippen molar-refractivity contribution in [3.05, 3.63) is 59.5 Å². The van der Waals surface area contributed by atoms with Crippen molar-refractivity contribution in [3.8, 4) is 5.75 Å². The lowest BCUT2D eigenvalue weighted by Crippen LogP contribution is -2.13. The number of imidazole rings is 1. The Kier molecular flexibility index (Phi) is 6.42. The topological polar surface area (TPSA) is 63.8 Å². The number of hydrogen-bond acceptors (Lipinski definition) is 6. The van der Waals surface area contributed by atoms with Gasteiger partial charge in [0.15, 0.2) is 0 Å². The standard InChI is InChI=1S/C19H18F3N5OS/c1-23-16(11-29-12-25-13-4-6-14(28-2)7-5-13)17-15(10-19(20,21)22)26-18-24-8-3-9-27(17)18/h3-9,11,25H,1,10,12H2,2H3/b16-11-. The van der Waals surface area contributed by atoms with Gasteiger partial charge in [0.05, 0.1) is 36.5 Å². The van der Waals surface area contributed by atoms with Gasteiger partial charge in [0.2, 0.25) is 5.78 Å². The van der Waals surface area contributed by atoms with Crippen molar-refractivity contribution in [1.29, 1.82) is 0 Å². The fourth-order valence-corrected chi connectivity index (χ4v) is 3.32. The number of nitrogens with zero attached hydrogens (tertiary/aromatic N) is 4. The van der Waals surface area contributed by atoms with E-state index in [1.54, 1.807) is 24.8 Å². The van der Waals surface area contributed by atoms with E-state index < -0.39 is 12.6 Å². The van der Waals surface area contributed by atoms with Crippen molar-refractivity contribution >= 4 is 35.6 Å². The van der Waals surface area contributed by atoms with Gasteiger partial charge >= 0.3 is 6.18 Å². The highest BCUT2D eigenvalue weighted by atomic mass is 32.2. The second-order valence-corrected chi connectivity index (χ2v) is 6.72. The number of fused-ring (bicyclic) bond motifs is 1. The molecule has 0 amide bonds. The maximum atomic E-state index is 13.0. The van der Waals surface area contributed by atoms with E-state index in [9.17, 15) is 13.2 Å². The van der Waals surface area contributed by atoms with Gasteiger partial charge in [-0.2, -0.15) is 13.2 Å². The molecule has 0 saturated carbocycles. The van der Waals surface area contributed by atoms with Crippen molar-refractivity contribution in [2.45, 2.75) is 12.6 Å². The Morgan fingerprint density at radius 2 is 2.10 bits per heavy atom. The van der Waals surface area contributed by atoms with Gasteiger partial charge < -0.3 is 10.1 Å². The molecule has 2 heterocycles. The highest BCUT2D eigenvalue weighted by molar-refractivity contribution is 8.02. The summed E-state index contributed by atoms with van der Waals surface area (Å²) >= 11 is 1.34. The largest absolute Gasteiger partial charge is 0.497 e. The number of aromatic nitrogens is 3. The van der Waals surface area contributed by atoms with Crippen LogP contribution in [0.5, 0.6) is 5.75 Å². The first kappa shape index (κ1) is 20.7. The number of hydrogen-bond donors (Lipinski definition) is 1. The minimum absolute atomic E-state index is 0.140. The van der Waals surface area contributed by atoms with E-state index in [0.29, 0.717) is 11.6 Å². The summed E-state index contributed by atoms with van der Waals surface area (Å²) in [5.74, 6) is 1.41. The quantitative estimate of drug-likeness (QED) is 0.326.